The minimum Gasteiger partial charge on any atom is -0.497 e. The molecule has 1 aliphatic heterocycles. The van der Waals surface area contributed by atoms with Gasteiger partial charge in [-0.1, -0.05) is 31.4 Å². The van der Waals surface area contributed by atoms with Gasteiger partial charge in [-0.05, 0) is 35.8 Å². The largest absolute Gasteiger partial charge is 0.497 e. The average Bonchev–Trinajstić information content (AvgIpc) is 3.13. The van der Waals surface area contributed by atoms with Crippen LogP contribution in [0.2, 0.25) is 0 Å². The molecule has 3 rings (SSSR count). The van der Waals surface area contributed by atoms with Crippen molar-refractivity contribution in [3.63, 3.8) is 0 Å². The molecule has 0 aromatic heterocycles. The van der Waals surface area contributed by atoms with Crippen LogP contribution in [0, 0.1) is 0 Å². The lowest BCUT2D eigenvalue weighted by molar-refractivity contribution is 0.133. The second-order valence-electron chi connectivity index (χ2n) is 6.46. The van der Waals surface area contributed by atoms with Gasteiger partial charge in [0.15, 0.2) is 0 Å². The highest BCUT2D eigenvalue weighted by molar-refractivity contribution is 5.74. The van der Waals surface area contributed by atoms with Crippen LogP contribution in [0.3, 0.4) is 0 Å². The predicted octanol–water partition coefficient (Wildman–Crippen LogP) is 3.79. The number of carbonyl (C=O) groups is 1. The Bertz CT molecular complexity index is 641. The molecule has 1 amide bonds. The van der Waals surface area contributed by atoms with E-state index in [0.29, 0.717) is 6.42 Å². The highest BCUT2D eigenvalue weighted by Gasteiger charge is 2.34. The summed E-state index contributed by atoms with van der Waals surface area (Å²) in [5.41, 5.74) is 0.202. The summed E-state index contributed by atoms with van der Waals surface area (Å²) in [6.45, 7) is 0.237. The van der Waals surface area contributed by atoms with Gasteiger partial charge in [-0.2, -0.15) is 5.11 Å². The first-order valence-electron chi connectivity index (χ1n) is 8.76. The molecule has 2 aliphatic rings. The molecular formula is C18H24N4O3. The van der Waals surface area contributed by atoms with Crippen molar-refractivity contribution in [2.75, 3.05) is 13.7 Å². The molecule has 0 spiro atoms. The predicted molar refractivity (Wildman–Crippen MR) is 94.0 cm³/mol. The summed E-state index contributed by atoms with van der Waals surface area (Å²) in [6.07, 6.45) is 7.45. The molecule has 7 heteroatoms. The van der Waals surface area contributed by atoms with Crippen LogP contribution >= 0.6 is 0 Å². The van der Waals surface area contributed by atoms with Crippen LogP contribution in [0.5, 0.6) is 5.75 Å². The van der Waals surface area contributed by atoms with Crippen LogP contribution in [0.25, 0.3) is 0 Å². The van der Waals surface area contributed by atoms with Crippen LogP contribution in [0.4, 0.5) is 4.79 Å². The van der Waals surface area contributed by atoms with Gasteiger partial charge in [-0.25, -0.2) is 4.79 Å². The lowest BCUT2D eigenvalue weighted by atomic mass is 9.89. The summed E-state index contributed by atoms with van der Waals surface area (Å²) in [6, 6.07) is 7.85. The van der Waals surface area contributed by atoms with Gasteiger partial charge in [0.05, 0.1) is 19.9 Å². The van der Waals surface area contributed by atoms with Crippen LogP contribution < -0.4 is 10.1 Å². The third-order valence-electron chi connectivity index (χ3n) is 4.76. The highest BCUT2D eigenvalue weighted by Crippen LogP contribution is 2.33. The van der Waals surface area contributed by atoms with Crippen LogP contribution in [-0.2, 0) is 10.3 Å². The first-order valence-corrected chi connectivity index (χ1v) is 8.76. The Morgan fingerprint density at radius 3 is 2.88 bits per heavy atom. The van der Waals surface area contributed by atoms with Crippen molar-refractivity contribution in [1.82, 2.24) is 5.32 Å². The lowest BCUT2D eigenvalue weighted by Crippen LogP contribution is -2.37. The normalized spacial score (nSPS) is 22.8. The first kappa shape index (κ1) is 17.4. The molecule has 134 valence electrons. The zero-order chi connectivity index (χ0) is 17.5. The topological polar surface area (TPSA) is 84.6 Å². The Morgan fingerprint density at radius 2 is 2.16 bits per heavy atom. The number of rotatable bonds is 6. The molecular weight excluding hydrogens is 320 g/mol. The number of hydrogen-bond acceptors (Lipinski definition) is 6. The number of alkyl carbamates (subject to hydrolysis) is 1. The maximum atomic E-state index is 12.0. The van der Waals surface area contributed by atoms with E-state index in [0.717, 1.165) is 24.2 Å². The van der Waals surface area contributed by atoms with E-state index in [9.17, 15) is 4.79 Å². The zero-order valence-corrected chi connectivity index (χ0v) is 14.5. The van der Waals surface area contributed by atoms with Crippen LogP contribution in [0.1, 0.15) is 44.1 Å². The van der Waals surface area contributed by atoms with Crippen LogP contribution in [0.15, 0.2) is 39.7 Å². The highest BCUT2D eigenvalue weighted by atomic mass is 16.5. The molecule has 1 saturated carbocycles. The first-order chi connectivity index (χ1) is 12.2. The average molecular weight is 344 g/mol. The molecule has 0 bridgehead atoms. The number of nitrogens with one attached hydrogen (secondary N) is 1. The van der Waals surface area contributed by atoms with E-state index in [-0.39, 0.29) is 18.7 Å². The number of amides is 1. The fourth-order valence-corrected chi connectivity index (χ4v) is 3.29. The Balaban J connectivity index is 1.56. The number of nitrogens with zero attached hydrogens (tertiary/aromatic N) is 3. The Kier molecular flexibility index (Phi) is 5.63. The van der Waals surface area contributed by atoms with Gasteiger partial charge >= 0.3 is 6.09 Å². The summed E-state index contributed by atoms with van der Waals surface area (Å²) >= 11 is 0. The van der Waals surface area contributed by atoms with E-state index < -0.39 is 5.54 Å². The molecule has 25 heavy (non-hydrogen) atoms. The molecule has 1 aromatic carbocycles. The molecule has 0 saturated heterocycles. The second-order valence-corrected chi connectivity index (χ2v) is 6.46. The summed E-state index contributed by atoms with van der Waals surface area (Å²) in [4.78, 5) is 12.0. The SMILES string of the molecule is COc1cccc(C2(CCOC(=O)NC3CCCCC3)C=NN=N2)c1. The Labute approximate surface area is 147 Å². The van der Waals surface area contributed by atoms with Crippen molar-refractivity contribution in [2.45, 2.75) is 50.1 Å². The maximum absolute atomic E-state index is 12.0. The van der Waals surface area contributed by atoms with E-state index in [4.69, 9.17) is 9.47 Å². The molecule has 7 nitrogen and oxygen atoms in total. The molecule has 1 aliphatic carbocycles. The lowest BCUT2D eigenvalue weighted by Gasteiger charge is -2.24. The van der Waals surface area contributed by atoms with Gasteiger partial charge in [0.2, 0.25) is 0 Å². The summed E-state index contributed by atoms with van der Waals surface area (Å²) in [7, 11) is 1.62. The Hall–Kier alpha value is -2.44. The van der Waals surface area contributed by atoms with E-state index in [1.54, 1.807) is 13.3 Å². The fraction of sp³-hybridized carbons (Fsp3) is 0.556. The molecule has 0 radical (unpaired) electrons. The molecule has 1 heterocycles. The number of carbonyl (C=O) groups excluding carboxylic acids is 1. The standard InChI is InChI=1S/C18H24N4O3/c1-24-16-9-5-6-14(12-16)18(13-19-22-21-18)10-11-25-17(23)20-15-7-3-2-4-8-15/h5-6,9,12-13,15H,2-4,7-8,10-11H2,1H3,(H,20,23). The number of benzene rings is 1. The Morgan fingerprint density at radius 1 is 1.32 bits per heavy atom. The van der Waals surface area contributed by atoms with Gasteiger partial charge < -0.3 is 14.8 Å². The van der Waals surface area contributed by atoms with Gasteiger partial charge in [0, 0.05) is 12.5 Å². The van der Waals surface area contributed by atoms with Crippen molar-refractivity contribution >= 4 is 12.3 Å². The third-order valence-corrected chi connectivity index (χ3v) is 4.76. The van der Waals surface area contributed by atoms with Crippen molar-refractivity contribution in [2.24, 2.45) is 15.4 Å². The van der Waals surface area contributed by atoms with Crippen molar-refractivity contribution in [3.05, 3.63) is 29.8 Å². The third kappa shape index (κ3) is 4.35. The van der Waals surface area contributed by atoms with Crippen LogP contribution in [-0.4, -0.2) is 32.1 Å². The van der Waals surface area contributed by atoms with Crippen molar-refractivity contribution in [1.29, 1.82) is 0 Å². The zero-order valence-electron chi connectivity index (χ0n) is 14.5. The summed E-state index contributed by atoms with van der Waals surface area (Å²) < 4.78 is 10.6. The number of hydrogen-bond donors (Lipinski definition) is 1. The van der Waals surface area contributed by atoms with E-state index in [1.807, 2.05) is 24.3 Å². The molecule has 1 fully saturated rings. The monoisotopic (exact) mass is 344 g/mol. The smallest absolute Gasteiger partial charge is 0.407 e. The minimum atomic E-state index is -0.709. The van der Waals surface area contributed by atoms with Gasteiger partial charge in [0.1, 0.15) is 11.3 Å². The van der Waals surface area contributed by atoms with E-state index >= 15 is 0 Å². The second kappa shape index (κ2) is 8.09. The summed E-state index contributed by atoms with van der Waals surface area (Å²) in [5, 5.41) is 14.9. The van der Waals surface area contributed by atoms with E-state index in [2.05, 4.69) is 20.8 Å². The maximum Gasteiger partial charge on any atom is 0.407 e. The molecule has 1 unspecified atom stereocenters. The fourth-order valence-electron chi connectivity index (χ4n) is 3.29. The van der Waals surface area contributed by atoms with Gasteiger partial charge in [-0.15, -0.1) is 5.10 Å². The minimum absolute atomic E-state index is 0.237. The number of ether oxygens (including phenoxy) is 2. The van der Waals surface area contributed by atoms with Gasteiger partial charge in [0.25, 0.3) is 0 Å². The van der Waals surface area contributed by atoms with Crippen molar-refractivity contribution in [3.8, 4) is 5.75 Å². The van der Waals surface area contributed by atoms with Gasteiger partial charge in [-0.3, -0.25) is 0 Å². The summed E-state index contributed by atoms with van der Waals surface area (Å²) in [5.74, 6) is 0.739. The molecule has 1 atom stereocenters. The van der Waals surface area contributed by atoms with Crippen molar-refractivity contribution < 1.29 is 14.3 Å². The molecule has 1 N–H and O–H groups in total. The van der Waals surface area contributed by atoms with E-state index in [1.165, 1.54) is 19.3 Å². The quantitative estimate of drug-likeness (QED) is 0.852. The number of methoxy groups -OCH3 is 1. The molecule has 1 aromatic rings.